The van der Waals surface area contributed by atoms with Crippen LogP contribution in [0.3, 0.4) is 0 Å². The number of benzene rings is 3. The summed E-state index contributed by atoms with van der Waals surface area (Å²) in [4.78, 5) is 12.3. The number of sulfonamides is 1. The molecule has 0 saturated carbocycles. The number of nitrogens with zero attached hydrogens (tertiary/aromatic N) is 1. The Morgan fingerprint density at radius 1 is 1.03 bits per heavy atom. The summed E-state index contributed by atoms with van der Waals surface area (Å²) in [5, 5.41) is 2.15. The van der Waals surface area contributed by atoms with Gasteiger partial charge in [-0.2, -0.15) is 0 Å². The van der Waals surface area contributed by atoms with Crippen LogP contribution in [0.5, 0.6) is 0 Å². The molecule has 3 rings (SSSR count). The van der Waals surface area contributed by atoms with E-state index in [-0.39, 0.29) is 22.2 Å². The third kappa shape index (κ3) is 4.92. The van der Waals surface area contributed by atoms with Crippen molar-refractivity contribution < 1.29 is 22.0 Å². The lowest BCUT2D eigenvalue weighted by Crippen LogP contribution is -2.31. The predicted molar refractivity (Wildman–Crippen MR) is 117 cm³/mol. The smallest absolute Gasteiger partial charge is 0.264 e. The van der Waals surface area contributed by atoms with Crippen LogP contribution in [-0.2, 0) is 10.0 Å². The van der Waals surface area contributed by atoms with E-state index in [4.69, 9.17) is 11.6 Å². The molecule has 5 nitrogen and oxygen atoms in total. The van der Waals surface area contributed by atoms with Crippen molar-refractivity contribution in [1.29, 1.82) is 0 Å². The van der Waals surface area contributed by atoms with Crippen molar-refractivity contribution in [2.75, 3.05) is 16.2 Å². The van der Waals surface area contributed by atoms with Crippen LogP contribution >= 0.6 is 11.6 Å². The Kier molecular flexibility index (Phi) is 6.72. The van der Waals surface area contributed by atoms with Crippen molar-refractivity contribution in [1.82, 2.24) is 0 Å². The van der Waals surface area contributed by atoms with E-state index in [0.717, 1.165) is 34.6 Å². The zero-order chi connectivity index (χ0) is 22.6. The fourth-order valence-corrected chi connectivity index (χ4v) is 4.43. The molecule has 0 aliphatic carbocycles. The summed E-state index contributed by atoms with van der Waals surface area (Å²) in [5.41, 5.74) is 0.0217. The van der Waals surface area contributed by atoms with E-state index in [9.17, 15) is 22.0 Å². The van der Waals surface area contributed by atoms with Gasteiger partial charge >= 0.3 is 0 Å². The minimum absolute atomic E-state index is 0.0284. The van der Waals surface area contributed by atoms with E-state index in [1.54, 1.807) is 30.3 Å². The summed E-state index contributed by atoms with van der Waals surface area (Å²) < 4.78 is 55.2. The summed E-state index contributed by atoms with van der Waals surface area (Å²) in [5.74, 6) is -2.51. The average Bonchev–Trinajstić information content (AvgIpc) is 2.75. The first-order chi connectivity index (χ1) is 14.7. The van der Waals surface area contributed by atoms with Gasteiger partial charge in [-0.05, 0) is 48.5 Å². The van der Waals surface area contributed by atoms with Crippen LogP contribution in [0.4, 0.5) is 20.2 Å². The maximum absolute atomic E-state index is 14.4. The molecular weight excluding hydrogens is 446 g/mol. The molecule has 0 aromatic heterocycles. The molecule has 1 N–H and O–H groups in total. The average molecular weight is 463 g/mol. The first-order valence-electron chi connectivity index (χ1n) is 8.98. The minimum atomic E-state index is -4.13. The number of hydrogen-bond donors (Lipinski definition) is 1. The molecule has 0 unspecified atom stereocenters. The largest absolute Gasteiger partial charge is 0.322 e. The zero-order valence-corrected chi connectivity index (χ0v) is 17.6. The summed E-state index contributed by atoms with van der Waals surface area (Å²) in [6, 6.07) is 14.7. The van der Waals surface area contributed by atoms with Gasteiger partial charge in [-0.1, -0.05) is 35.9 Å². The molecular formula is C22H17ClF2N2O3S. The Labute approximate surface area is 183 Å². The van der Waals surface area contributed by atoms with Gasteiger partial charge in [-0.3, -0.25) is 9.10 Å². The zero-order valence-electron chi connectivity index (χ0n) is 16.1. The molecule has 160 valence electrons. The fourth-order valence-electron chi connectivity index (χ4n) is 2.79. The van der Waals surface area contributed by atoms with Crippen LogP contribution in [0.2, 0.25) is 5.02 Å². The molecule has 0 atom stereocenters. The lowest BCUT2D eigenvalue weighted by molar-refractivity contribution is 0.102. The van der Waals surface area contributed by atoms with Gasteiger partial charge in [0.25, 0.3) is 15.9 Å². The van der Waals surface area contributed by atoms with Crippen molar-refractivity contribution in [2.45, 2.75) is 4.90 Å². The fraction of sp³-hybridized carbons (Fsp3) is 0.0455. The quantitative estimate of drug-likeness (QED) is 0.487. The van der Waals surface area contributed by atoms with Crippen molar-refractivity contribution in [3.05, 3.63) is 102 Å². The SMILES string of the molecule is C=CCN(c1ccccc1)S(=O)(=O)c1ccc(F)c(C(=O)Nc2ccc(F)c(Cl)c2)c1. The standard InChI is InChI=1S/C22H17ClF2N2O3S/c1-2-12-27(16-6-4-3-5-7-16)31(29,30)17-9-11-20(24)18(14-17)22(28)26-15-8-10-21(25)19(23)13-15/h2-11,13-14H,1,12H2,(H,26,28). The summed E-state index contributed by atoms with van der Waals surface area (Å²) >= 11 is 5.69. The van der Waals surface area contributed by atoms with E-state index in [0.29, 0.717) is 5.69 Å². The third-order valence-corrected chi connectivity index (χ3v) is 6.37. The number of carbonyl (C=O) groups is 1. The first-order valence-corrected chi connectivity index (χ1v) is 10.8. The highest BCUT2D eigenvalue weighted by molar-refractivity contribution is 7.92. The highest BCUT2D eigenvalue weighted by Gasteiger charge is 2.26. The molecule has 0 bridgehead atoms. The first kappa shape index (κ1) is 22.5. The lowest BCUT2D eigenvalue weighted by Gasteiger charge is -2.23. The van der Waals surface area contributed by atoms with Gasteiger partial charge in [0, 0.05) is 5.69 Å². The molecule has 3 aromatic carbocycles. The molecule has 0 spiro atoms. The summed E-state index contributed by atoms with van der Waals surface area (Å²) in [6.07, 6.45) is 1.42. The van der Waals surface area contributed by atoms with Gasteiger partial charge in [-0.25, -0.2) is 17.2 Å². The summed E-state index contributed by atoms with van der Waals surface area (Å²) in [7, 11) is -4.13. The molecule has 0 aliphatic rings. The van der Waals surface area contributed by atoms with E-state index in [1.165, 1.54) is 12.1 Å². The molecule has 9 heteroatoms. The molecule has 0 radical (unpaired) electrons. The predicted octanol–water partition coefficient (Wildman–Crippen LogP) is 5.25. The number of rotatable bonds is 7. The Morgan fingerprint density at radius 2 is 1.71 bits per heavy atom. The van der Waals surface area contributed by atoms with Crippen molar-refractivity contribution in [3.63, 3.8) is 0 Å². The van der Waals surface area contributed by atoms with E-state index < -0.39 is 33.1 Å². The number of nitrogens with one attached hydrogen (secondary N) is 1. The maximum atomic E-state index is 14.4. The number of anilines is 2. The second kappa shape index (κ2) is 9.28. The molecule has 0 saturated heterocycles. The molecule has 0 fully saturated rings. The van der Waals surface area contributed by atoms with Crippen molar-refractivity contribution >= 4 is 38.9 Å². The van der Waals surface area contributed by atoms with Gasteiger partial charge < -0.3 is 5.32 Å². The molecule has 0 heterocycles. The molecule has 1 amide bonds. The van der Waals surface area contributed by atoms with Crippen LogP contribution in [0, 0.1) is 11.6 Å². The van der Waals surface area contributed by atoms with Crippen LogP contribution in [-0.4, -0.2) is 20.9 Å². The third-order valence-electron chi connectivity index (χ3n) is 4.29. The Balaban J connectivity index is 1.97. The van der Waals surface area contributed by atoms with Gasteiger partial charge in [0.2, 0.25) is 0 Å². The highest BCUT2D eigenvalue weighted by Crippen LogP contribution is 2.26. The van der Waals surface area contributed by atoms with Crippen LogP contribution in [0.25, 0.3) is 0 Å². The number of para-hydroxylation sites is 1. The molecule has 0 aliphatic heterocycles. The lowest BCUT2D eigenvalue weighted by atomic mass is 10.2. The molecule has 31 heavy (non-hydrogen) atoms. The van der Waals surface area contributed by atoms with E-state index >= 15 is 0 Å². The van der Waals surface area contributed by atoms with Crippen LogP contribution in [0.1, 0.15) is 10.4 Å². The second-order valence-electron chi connectivity index (χ2n) is 6.39. The number of halogens is 3. The maximum Gasteiger partial charge on any atom is 0.264 e. The second-order valence-corrected chi connectivity index (χ2v) is 8.65. The van der Waals surface area contributed by atoms with Gasteiger partial charge in [0.1, 0.15) is 11.6 Å². The molecule has 3 aromatic rings. The topological polar surface area (TPSA) is 66.5 Å². The minimum Gasteiger partial charge on any atom is -0.322 e. The number of hydrogen-bond acceptors (Lipinski definition) is 3. The monoisotopic (exact) mass is 462 g/mol. The van der Waals surface area contributed by atoms with Gasteiger partial charge in [-0.15, -0.1) is 6.58 Å². The number of amides is 1. The van der Waals surface area contributed by atoms with E-state index in [1.807, 2.05) is 0 Å². The van der Waals surface area contributed by atoms with Crippen LogP contribution < -0.4 is 9.62 Å². The Morgan fingerprint density at radius 3 is 2.35 bits per heavy atom. The normalized spacial score (nSPS) is 11.1. The summed E-state index contributed by atoms with van der Waals surface area (Å²) in [6.45, 7) is 3.56. The van der Waals surface area contributed by atoms with Crippen molar-refractivity contribution in [3.8, 4) is 0 Å². The Hall–Kier alpha value is -3.23. The Bertz CT molecular complexity index is 1230. The van der Waals surface area contributed by atoms with Gasteiger partial charge in [0.05, 0.1) is 27.7 Å². The van der Waals surface area contributed by atoms with Gasteiger partial charge in [0.15, 0.2) is 0 Å². The van der Waals surface area contributed by atoms with E-state index in [2.05, 4.69) is 11.9 Å². The van der Waals surface area contributed by atoms with Crippen molar-refractivity contribution in [2.24, 2.45) is 0 Å². The highest BCUT2D eigenvalue weighted by atomic mass is 35.5. The number of carbonyl (C=O) groups excluding carboxylic acids is 1. The van der Waals surface area contributed by atoms with Crippen LogP contribution in [0.15, 0.2) is 84.3 Å².